The van der Waals surface area contributed by atoms with Crippen LogP contribution in [0.3, 0.4) is 0 Å². The molecule has 0 heterocycles. The number of aliphatic carboxylic acids is 1. The molecular weight excluding hydrogens is 300 g/mol. The summed E-state index contributed by atoms with van der Waals surface area (Å²) in [7, 11) is 0. The highest BCUT2D eigenvalue weighted by molar-refractivity contribution is 5.75. The van der Waals surface area contributed by atoms with Crippen LogP contribution in [0.4, 0.5) is 0 Å². The zero-order valence-corrected chi connectivity index (χ0v) is 15.9. The van der Waals surface area contributed by atoms with Gasteiger partial charge in [0.15, 0.2) is 0 Å². The molecule has 3 fully saturated rings. The average Bonchev–Trinajstić information content (AvgIpc) is 2.49. The highest BCUT2D eigenvalue weighted by atomic mass is 16.4. The number of carboxylic acids is 1. The van der Waals surface area contributed by atoms with Gasteiger partial charge in [0.25, 0.3) is 0 Å². The summed E-state index contributed by atoms with van der Waals surface area (Å²) >= 11 is 0. The maximum atomic E-state index is 12.1. The lowest BCUT2D eigenvalue weighted by Gasteiger charge is -2.62. The quantitative estimate of drug-likeness (QED) is 0.723. The molecule has 0 aromatic carbocycles. The van der Waals surface area contributed by atoms with Gasteiger partial charge in [0.05, 0.1) is 11.5 Å². The van der Waals surface area contributed by atoms with Gasteiger partial charge < -0.3 is 16.6 Å². The minimum absolute atomic E-state index is 0.105. The molecule has 138 valence electrons. The van der Waals surface area contributed by atoms with E-state index in [2.05, 4.69) is 26.5 Å². The predicted octanol–water partition coefficient (Wildman–Crippen LogP) is 2.52. The highest BCUT2D eigenvalue weighted by Gasteiger charge is 2.63. The largest absolute Gasteiger partial charge is 0.481 e. The van der Waals surface area contributed by atoms with Crippen molar-refractivity contribution in [3.63, 3.8) is 0 Å². The molecule has 0 aliphatic heterocycles. The molecule has 24 heavy (non-hydrogen) atoms. The van der Waals surface area contributed by atoms with Crippen LogP contribution in [0, 0.1) is 40.4 Å². The van der Waals surface area contributed by atoms with E-state index < -0.39 is 11.4 Å². The Balaban J connectivity index is 1.97. The van der Waals surface area contributed by atoms with Gasteiger partial charge in [-0.3, -0.25) is 4.79 Å². The van der Waals surface area contributed by atoms with Gasteiger partial charge in [-0.2, -0.15) is 0 Å². The Morgan fingerprint density at radius 1 is 1.25 bits per heavy atom. The van der Waals surface area contributed by atoms with E-state index in [1.165, 1.54) is 12.8 Å². The van der Waals surface area contributed by atoms with E-state index >= 15 is 0 Å². The number of fused-ring (bicyclic) bond motifs is 3. The monoisotopic (exact) mass is 337 g/mol. The fourth-order valence-corrected chi connectivity index (χ4v) is 7.15. The summed E-state index contributed by atoms with van der Waals surface area (Å²) in [5, 5.41) is 9.95. The van der Waals surface area contributed by atoms with Crippen LogP contribution >= 0.6 is 0 Å². The molecule has 0 aromatic heterocycles. The van der Waals surface area contributed by atoms with E-state index in [-0.39, 0.29) is 17.4 Å². The van der Waals surface area contributed by atoms with Crippen LogP contribution in [0.5, 0.6) is 0 Å². The fourth-order valence-electron chi connectivity index (χ4n) is 7.15. The standard InChI is InChI=1S/C20H36N2O2/c1-11(2)12-6-7-13-16(17(12)22)14(21)10-15-19(13,3)8-5-9-20(15,4)18(23)24/h11-17H,5-10,21-22H2,1-4H3,(H,23,24)/p+1. The predicted molar refractivity (Wildman–Crippen MR) is 95.0 cm³/mol. The summed E-state index contributed by atoms with van der Waals surface area (Å²) < 4.78 is 0. The number of carbonyl (C=O) groups is 1. The van der Waals surface area contributed by atoms with Crippen LogP contribution in [0.25, 0.3) is 0 Å². The van der Waals surface area contributed by atoms with Crippen molar-refractivity contribution >= 4 is 5.97 Å². The zero-order chi connectivity index (χ0) is 17.9. The van der Waals surface area contributed by atoms with Crippen LogP contribution < -0.4 is 11.5 Å². The molecule has 0 spiro atoms. The SMILES string of the molecule is CC(C)C1CCC2C(C(N)CC3C(C)(C(=O)O)CCCC23C)C1[NH3+]. The topological polar surface area (TPSA) is 91.0 Å². The Labute approximate surface area is 146 Å². The molecule has 0 radical (unpaired) electrons. The van der Waals surface area contributed by atoms with Gasteiger partial charge in [-0.05, 0) is 62.2 Å². The van der Waals surface area contributed by atoms with Crippen molar-refractivity contribution < 1.29 is 15.6 Å². The Kier molecular flexibility index (Phi) is 4.53. The first-order valence-electron chi connectivity index (χ1n) is 9.95. The summed E-state index contributed by atoms with van der Waals surface area (Å²) in [5.74, 6) is 1.90. The number of rotatable bonds is 2. The van der Waals surface area contributed by atoms with Gasteiger partial charge in [0, 0.05) is 17.9 Å². The Hall–Kier alpha value is -0.610. The second kappa shape index (κ2) is 5.98. The summed E-state index contributed by atoms with van der Waals surface area (Å²) in [6.07, 6.45) is 6.28. The molecule has 3 rings (SSSR count). The third-order valence-electron chi connectivity index (χ3n) is 8.49. The third-order valence-corrected chi connectivity index (χ3v) is 8.49. The summed E-state index contributed by atoms with van der Waals surface area (Å²) in [6, 6.07) is 0.517. The number of carboxylic acid groups (broad SMARTS) is 1. The maximum absolute atomic E-state index is 12.1. The van der Waals surface area contributed by atoms with E-state index in [0.29, 0.717) is 29.7 Å². The lowest BCUT2D eigenvalue weighted by molar-refractivity contribution is -0.464. The normalized spacial score (nSPS) is 51.8. The van der Waals surface area contributed by atoms with Crippen molar-refractivity contribution in [2.24, 2.45) is 46.2 Å². The van der Waals surface area contributed by atoms with Gasteiger partial charge in [-0.1, -0.05) is 27.2 Å². The third kappa shape index (κ3) is 2.44. The van der Waals surface area contributed by atoms with E-state index in [4.69, 9.17) is 5.73 Å². The van der Waals surface area contributed by atoms with E-state index in [1.54, 1.807) is 0 Å². The minimum atomic E-state index is -0.619. The van der Waals surface area contributed by atoms with E-state index in [1.807, 2.05) is 6.92 Å². The molecule has 0 amide bonds. The van der Waals surface area contributed by atoms with Crippen LogP contribution in [0.1, 0.15) is 66.2 Å². The van der Waals surface area contributed by atoms with Gasteiger partial charge in [0.2, 0.25) is 0 Å². The molecule has 4 heteroatoms. The van der Waals surface area contributed by atoms with Crippen LogP contribution in [0.15, 0.2) is 0 Å². The first-order chi connectivity index (χ1) is 11.1. The molecule has 3 saturated carbocycles. The molecule has 6 N–H and O–H groups in total. The van der Waals surface area contributed by atoms with Gasteiger partial charge >= 0.3 is 5.97 Å². The van der Waals surface area contributed by atoms with E-state index in [9.17, 15) is 9.90 Å². The Bertz CT molecular complexity index is 508. The van der Waals surface area contributed by atoms with Gasteiger partial charge in [-0.25, -0.2) is 0 Å². The number of nitrogens with two attached hydrogens (primary N) is 1. The molecule has 8 unspecified atom stereocenters. The fraction of sp³-hybridized carbons (Fsp3) is 0.950. The molecule has 0 bridgehead atoms. The second-order valence-electron chi connectivity index (χ2n) is 9.87. The summed E-state index contributed by atoms with van der Waals surface area (Å²) in [5.41, 5.74) is 10.8. The zero-order valence-electron chi connectivity index (χ0n) is 15.9. The number of hydrogen-bond acceptors (Lipinski definition) is 2. The van der Waals surface area contributed by atoms with E-state index in [0.717, 1.165) is 25.7 Å². The first-order valence-corrected chi connectivity index (χ1v) is 9.95. The Morgan fingerprint density at radius 2 is 1.92 bits per heavy atom. The summed E-state index contributed by atoms with van der Waals surface area (Å²) in [6.45, 7) is 8.98. The first kappa shape index (κ1) is 18.2. The number of quaternary nitrogens is 1. The highest BCUT2D eigenvalue weighted by Crippen LogP contribution is 2.63. The van der Waals surface area contributed by atoms with Crippen molar-refractivity contribution in [1.29, 1.82) is 0 Å². The molecule has 3 aliphatic rings. The van der Waals surface area contributed by atoms with Crippen molar-refractivity contribution in [1.82, 2.24) is 0 Å². The lowest BCUT2D eigenvalue weighted by Crippen LogP contribution is -2.76. The molecule has 0 saturated heterocycles. The van der Waals surface area contributed by atoms with Crippen LogP contribution in [-0.2, 0) is 4.79 Å². The van der Waals surface area contributed by atoms with Crippen molar-refractivity contribution in [3.8, 4) is 0 Å². The van der Waals surface area contributed by atoms with Crippen molar-refractivity contribution in [2.75, 3.05) is 0 Å². The van der Waals surface area contributed by atoms with Gasteiger partial charge in [0.1, 0.15) is 0 Å². The molecule has 3 aliphatic carbocycles. The van der Waals surface area contributed by atoms with Gasteiger partial charge in [-0.15, -0.1) is 0 Å². The van der Waals surface area contributed by atoms with Crippen molar-refractivity contribution in [2.45, 2.75) is 78.3 Å². The maximum Gasteiger partial charge on any atom is 0.309 e. The Morgan fingerprint density at radius 3 is 2.50 bits per heavy atom. The van der Waals surface area contributed by atoms with Crippen molar-refractivity contribution in [3.05, 3.63) is 0 Å². The summed E-state index contributed by atoms with van der Waals surface area (Å²) in [4.78, 5) is 12.1. The molecule has 8 atom stereocenters. The average molecular weight is 338 g/mol. The molecular formula is C20H37N2O2+. The lowest BCUT2D eigenvalue weighted by atomic mass is 9.42. The second-order valence-corrected chi connectivity index (χ2v) is 9.87. The molecule has 0 aromatic rings. The smallest absolute Gasteiger partial charge is 0.309 e. The van der Waals surface area contributed by atoms with Crippen LogP contribution in [0.2, 0.25) is 0 Å². The number of hydrogen-bond donors (Lipinski definition) is 3. The van der Waals surface area contributed by atoms with Crippen LogP contribution in [-0.4, -0.2) is 23.2 Å². The molecule has 4 nitrogen and oxygen atoms in total. The minimum Gasteiger partial charge on any atom is -0.481 e.